The Morgan fingerprint density at radius 2 is 2.05 bits per heavy atom. The molecule has 0 unspecified atom stereocenters. The summed E-state index contributed by atoms with van der Waals surface area (Å²) in [5.41, 5.74) is 4.37. The molecule has 1 N–H and O–H groups in total. The fraction of sp³-hybridized carbons (Fsp3) is 0.438. The Balaban J connectivity index is 2.16. The van der Waals surface area contributed by atoms with Gasteiger partial charge in [-0.25, -0.2) is 0 Å². The van der Waals surface area contributed by atoms with Crippen LogP contribution in [0.3, 0.4) is 0 Å². The Morgan fingerprint density at radius 3 is 2.68 bits per heavy atom. The fourth-order valence-corrected chi connectivity index (χ4v) is 2.55. The summed E-state index contributed by atoms with van der Waals surface area (Å²) >= 11 is 0. The number of nitriles is 2. The third-order valence-corrected chi connectivity index (χ3v) is 3.72. The average molecular weight is 297 g/mol. The fourth-order valence-electron chi connectivity index (χ4n) is 2.55. The molecule has 1 aliphatic heterocycles. The van der Waals surface area contributed by atoms with Crippen LogP contribution in [0, 0.1) is 22.7 Å². The van der Waals surface area contributed by atoms with Crippen LogP contribution >= 0.6 is 0 Å². The van der Waals surface area contributed by atoms with Crippen molar-refractivity contribution in [1.29, 1.82) is 10.5 Å². The van der Waals surface area contributed by atoms with Gasteiger partial charge in [-0.1, -0.05) is 12.1 Å². The minimum absolute atomic E-state index is 0.212. The topological polar surface area (TPSA) is 84.4 Å². The van der Waals surface area contributed by atoms with E-state index in [-0.39, 0.29) is 5.71 Å². The van der Waals surface area contributed by atoms with Gasteiger partial charge >= 0.3 is 0 Å². The smallest absolute Gasteiger partial charge is 0.237 e. The van der Waals surface area contributed by atoms with Crippen LogP contribution in [0.2, 0.25) is 0 Å². The zero-order valence-corrected chi connectivity index (χ0v) is 12.7. The minimum Gasteiger partial charge on any atom is -0.495 e. The van der Waals surface area contributed by atoms with Gasteiger partial charge in [0, 0.05) is 6.54 Å². The van der Waals surface area contributed by atoms with Crippen LogP contribution in [0.15, 0.2) is 23.3 Å². The molecule has 1 saturated heterocycles. The van der Waals surface area contributed by atoms with Crippen LogP contribution in [0.25, 0.3) is 0 Å². The molecule has 0 amide bonds. The molecule has 0 radical (unpaired) electrons. The number of ether oxygens (including phenoxy) is 1. The van der Waals surface area contributed by atoms with E-state index in [4.69, 9.17) is 15.3 Å². The first-order chi connectivity index (χ1) is 10.8. The summed E-state index contributed by atoms with van der Waals surface area (Å²) < 4.78 is 5.35. The second kappa shape index (κ2) is 8.02. The molecular weight excluding hydrogens is 278 g/mol. The number of para-hydroxylation sites is 1. The Hall–Kier alpha value is -2.57. The lowest BCUT2D eigenvalue weighted by Gasteiger charge is -2.17. The van der Waals surface area contributed by atoms with E-state index in [0.717, 1.165) is 31.6 Å². The van der Waals surface area contributed by atoms with Crippen molar-refractivity contribution in [2.24, 2.45) is 5.10 Å². The second-order valence-electron chi connectivity index (χ2n) is 5.09. The largest absolute Gasteiger partial charge is 0.495 e. The van der Waals surface area contributed by atoms with E-state index in [1.165, 1.54) is 12.8 Å². The van der Waals surface area contributed by atoms with Crippen molar-refractivity contribution in [1.82, 2.24) is 4.90 Å². The predicted molar refractivity (Wildman–Crippen MR) is 84.7 cm³/mol. The van der Waals surface area contributed by atoms with Crippen LogP contribution in [0.1, 0.15) is 18.4 Å². The molecule has 1 aromatic rings. The first kappa shape index (κ1) is 15.8. The van der Waals surface area contributed by atoms with Gasteiger partial charge < -0.3 is 9.64 Å². The molecule has 1 heterocycles. The third kappa shape index (κ3) is 3.97. The highest BCUT2D eigenvalue weighted by atomic mass is 16.5. The second-order valence-corrected chi connectivity index (χ2v) is 5.09. The van der Waals surface area contributed by atoms with Gasteiger partial charge in [0.25, 0.3) is 0 Å². The molecule has 1 aliphatic rings. The number of anilines is 1. The summed E-state index contributed by atoms with van der Waals surface area (Å²) in [6.45, 7) is 3.28. The lowest BCUT2D eigenvalue weighted by molar-refractivity contribution is 0.343. The Morgan fingerprint density at radius 1 is 1.32 bits per heavy atom. The number of benzene rings is 1. The molecule has 6 nitrogen and oxygen atoms in total. The minimum atomic E-state index is -0.212. The summed E-state index contributed by atoms with van der Waals surface area (Å²) in [5, 5.41) is 21.4. The summed E-state index contributed by atoms with van der Waals surface area (Å²) in [4.78, 5) is 2.43. The summed E-state index contributed by atoms with van der Waals surface area (Å²) in [7, 11) is 1.59. The molecular formula is C16H19N5O. The number of nitrogens with one attached hydrogen (secondary N) is 1. The zero-order chi connectivity index (χ0) is 15.8. The average Bonchev–Trinajstić information content (AvgIpc) is 3.07. The number of likely N-dealkylation sites (tertiary alicyclic amines) is 1. The summed E-state index contributed by atoms with van der Waals surface area (Å²) in [6, 6.07) is 9.24. The van der Waals surface area contributed by atoms with Crippen LogP contribution < -0.4 is 10.2 Å². The van der Waals surface area contributed by atoms with Crippen LogP contribution in [0.4, 0.5) is 5.69 Å². The zero-order valence-electron chi connectivity index (χ0n) is 12.7. The lowest BCUT2D eigenvalue weighted by Crippen LogP contribution is -2.22. The first-order valence-electron chi connectivity index (χ1n) is 7.30. The number of rotatable bonds is 6. The number of nitrogens with zero attached hydrogens (tertiary/aromatic N) is 4. The maximum absolute atomic E-state index is 8.77. The molecule has 0 aromatic heterocycles. The highest BCUT2D eigenvalue weighted by Crippen LogP contribution is 2.29. The van der Waals surface area contributed by atoms with E-state index in [1.807, 2.05) is 18.2 Å². The lowest BCUT2D eigenvalue weighted by atomic mass is 10.1. The molecule has 22 heavy (non-hydrogen) atoms. The molecule has 0 atom stereocenters. The molecule has 0 spiro atoms. The van der Waals surface area contributed by atoms with Gasteiger partial charge in [-0.3, -0.25) is 5.43 Å². The van der Waals surface area contributed by atoms with Gasteiger partial charge in [0.15, 0.2) is 0 Å². The highest BCUT2D eigenvalue weighted by Gasteiger charge is 2.14. The van der Waals surface area contributed by atoms with Gasteiger partial charge in [-0.05, 0) is 44.0 Å². The maximum atomic E-state index is 8.77. The monoisotopic (exact) mass is 297 g/mol. The van der Waals surface area contributed by atoms with Crippen molar-refractivity contribution in [3.63, 3.8) is 0 Å². The Kier molecular flexibility index (Phi) is 5.76. The van der Waals surface area contributed by atoms with Crippen molar-refractivity contribution in [2.45, 2.75) is 19.3 Å². The molecule has 114 valence electrons. The normalized spacial score (nSPS) is 14.0. The van der Waals surface area contributed by atoms with Crippen LogP contribution in [-0.4, -0.2) is 37.4 Å². The van der Waals surface area contributed by atoms with E-state index >= 15 is 0 Å². The molecule has 6 heteroatoms. The number of methoxy groups -OCH3 is 1. The van der Waals surface area contributed by atoms with E-state index < -0.39 is 0 Å². The van der Waals surface area contributed by atoms with Gasteiger partial charge in [0.05, 0.1) is 7.11 Å². The predicted octanol–water partition coefficient (Wildman–Crippen LogP) is 2.15. The molecule has 1 fully saturated rings. The van der Waals surface area contributed by atoms with Gasteiger partial charge in [-0.15, -0.1) is 0 Å². The van der Waals surface area contributed by atoms with Gasteiger partial charge in [0.1, 0.15) is 23.6 Å². The highest BCUT2D eigenvalue weighted by molar-refractivity contribution is 6.10. The van der Waals surface area contributed by atoms with E-state index in [0.29, 0.717) is 11.4 Å². The number of hydrazone groups is 1. The van der Waals surface area contributed by atoms with Gasteiger partial charge in [0.2, 0.25) is 5.71 Å². The van der Waals surface area contributed by atoms with Crippen molar-refractivity contribution >= 4 is 11.4 Å². The molecule has 0 aliphatic carbocycles. The van der Waals surface area contributed by atoms with Crippen molar-refractivity contribution < 1.29 is 4.74 Å². The molecule has 0 saturated carbocycles. The van der Waals surface area contributed by atoms with E-state index in [2.05, 4.69) is 15.4 Å². The van der Waals surface area contributed by atoms with Crippen molar-refractivity contribution in [3.8, 4) is 17.9 Å². The van der Waals surface area contributed by atoms with E-state index in [9.17, 15) is 0 Å². The molecule has 1 aromatic carbocycles. The summed E-state index contributed by atoms with van der Waals surface area (Å²) in [6.07, 6.45) is 3.39. The van der Waals surface area contributed by atoms with E-state index in [1.54, 1.807) is 19.2 Å². The number of hydrogen-bond acceptors (Lipinski definition) is 6. The van der Waals surface area contributed by atoms with Crippen molar-refractivity contribution in [3.05, 3.63) is 23.8 Å². The van der Waals surface area contributed by atoms with Crippen LogP contribution in [0.5, 0.6) is 5.75 Å². The molecule has 2 rings (SSSR count). The standard InChI is InChI=1S/C16H19N5O/c1-22-15-6-4-5-13(7-10-21-8-2-3-9-21)16(15)20-19-14(11-17)12-18/h4-6,20H,2-3,7-10H2,1H3. The third-order valence-electron chi connectivity index (χ3n) is 3.72. The SMILES string of the molecule is COc1cccc(CCN2CCCC2)c1NN=C(C#N)C#N. The Bertz CT molecular complexity index is 604. The number of hydrogen-bond donors (Lipinski definition) is 1. The Labute approximate surface area is 130 Å². The first-order valence-corrected chi connectivity index (χ1v) is 7.30. The van der Waals surface area contributed by atoms with Gasteiger partial charge in [-0.2, -0.15) is 15.6 Å². The van der Waals surface area contributed by atoms with Crippen LogP contribution in [-0.2, 0) is 6.42 Å². The maximum Gasteiger partial charge on any atom is 0.237 e. The van der Waals surface area contributed by atoms with Crippen molar-refractivity contribution in [2.75, 3.05) is 32.2 Å². The molecule has 0 bridgehead atoms. The summed E-state index contributed by atoms with van der Waals surface area (Å²) in [5.74, 6) is 0.651. The quantitative estimate of drug-likeness (QED) is 0.642.